The highest BCUT2D eigenvalue weighted by atomic mass is 35.5. The molecule has 1 aliphatic heterocycles. The van der Waals surface area contributed by atoms with Crippen molar-refractivity contribution in [2.45, 2.75) is 26.1 Å². The van der Waals surface area contributed by atoms with Gasteiger partial charge in [0.1, 0.15) is 0 Å². The Morgan fingerprint density at radius 3 is 2.85 bits per heavy atom. The minimum Gasteiger partial charge on any atom is -0.439 e. The van der Waals surface area contributed by atoms with Crippen LogP contribution in [0.3, 0.4) is 0 Å². The molecule has 3 aromatic rings. The fraction of sp³-hybridized carbons (Fsp3) is 0.368. The number of hydrogen-bond acceptors (Lipinski definition) is 5. The van der Waals surface area contributed by atoms with Gasteiger partial charge in [-0.1, -0.05) is 11.6 Å². The van der Waals surface area contributed by atoms with Crippen LogP contribution in [0.2, 0.25) is 5.02 Å². The highest BCUT2D eigenvalue weighted by Gasteiger charge is 2.24. The Labute approximate surface area is 157 Å². The molecule has 0 aliphatic carbocycles. The lowest BCUT2D eigenvalue weighted by molar-refractivity contribution is -0.0351. The quantitative estimate of drug-likeness (QED) is 0.682. The molecule has 4 rings (SSSR count). The van der Waals surface area contributed by atoms with E-state index < -0.39 is 0 Å². The van der Waals surface area contributed by atoms with Crippen LogP contribution in [0, 0.1) is 0 Å². The number of rotatable bonds is 5. The van der Waals surface area contributed by atoms with Crippen molar-refractivity contribution in [1.82, 2.24) is 19.7 Å². The molecule has 1 saturated heterocycles. The normalized spacial score (nSPS) is 18.3. The van der Waals surface area contributed by atoms with E-state index in [0.29, 0.717) is 24.1 Å². The maximum Gasteiger partial charge on any atom is 0.209 e. The topological polar surface area (TPSA) is 56.3 Å². The van der Waals surface area contributed by atoms with Gasteiger partial charge in [0.2, 0.25) is 5.89 Å². The van der Waals surface area contributed by atoms with Crippen molar-refractivity contribution in [2.24, 2.45) is 0 Å². The van der Waals surface area contributed by atoms with Gasteiger partial charge in [0.15, 0.2) is 5.76 Å². The van der Waals surface area contributed by atoms with E-state index in [4.69, 9.17) is 20.8 Å². The van der Waals surface area contributed by atoms with Crippen molar-refractivity contribution >= 4 is 11.6 Å². The summed E-state index contributed by atoms with van der Waals surface area (Å²) in [5, 5.41) is 5.05. The molecular weight excluding hydrogens is 352 g/mol. The van der Waals surface area contributed by atoms with E-state index in [2.05, 4.69) is 28.1 Å². The molecule has 136 valence electrons. The zero-order valence-corrected chi connectivity index (χ0v) is 15.4. The molecule has 0 radical (unpaired) electrons. The van der Waals surface area contributed by atoms with Crippen LogP contribution in [0.4, 0.5) is 0 Å². The fourth-order valence-electron chi connectivity index (χ4n) is 3.09. The molecule has 0 bridgehead atoms. The van der Waals surface area contributed by atoms with Crippen LogP contribution < -0.4 is 0 Å². The molecule has 1 aromatic carbocycles. The number of halogens is 1. The fourth-order valence-corrected chi connectivity index (χ4v) is 3.21. The van der Waals surface area contributed by atoms with Gasteiger partial charge in [0.05, 0.1) is 31.6 Å². The van der Waals surface area contributed by atoms with Crippen LogP contribution in [0.25, 0.3) is 11.3 Å². The van der Waals surface area contributed by atoms with Crippen molar-refractivity contribution in [3.05, 3.63) is 59.3 Å². The van der Waals surface area contributed by atoms with E-state index in [1.165, 1.54) is 0 Å². The Balaban J connectivity index is 1.41. The molecule has 0 saturated carbocycles. The molecule has 1 aliphatic rings. The average Bonchev–Trinajstić information content (AvgIpc) is 3.32. The summed E-state index contributed by atoms with van der Waals surface area (Å²) >= 11 is 5.94. The number of nitrogens with zero attached hydrogens (tertiary/aromatic N) is 4. The summed E-state index contributed by atoms with van der Waals surface area (Å²) in [6.45, 7) is 5.94. The van der Waals surface area contributed by atoms with Crippen LogP contribution in [-0.2, 0) is 17.8 Å². The number of oxazole rings is 1. The lowest BCUT2D eigenvalue weighted by Crippen LogP contribution is -2.37. The van der Waals surface area contributed by atoms with Crippen molar-refractivity contribution < 1.29 is 9.15 Å². The summed E-state index contributed by atoms with van der Waals surface area (Å²) < 4.78 is 13.8. The van der Waals surface area contributed by atoms with Gasteiger partial charge in [-0.25, -0.2) is 4.98 Å². The van der Waals surface area contributed by atoms with Crippen molar-refractivity contribution in [1.29, 1.82) is 0 Å². The van der Waals surface area contributed by atoms with Gasteiger partial charge in [-0.2, -0.15) is 5.10 Å². The summed E-state index contributed by atoms with van der Waals surface area (Å²) in [5.74, 6) is 1.46. The Bertz CT molecular complexity index is 859. The number of benzene rings is 1. The molecule has 0 spiro atoms. The van der Waals surface area contributed by atoms with Gasteiger partial charge in [-0.3, -0.25) is 9.58 Å². The van der Waals surface area contributed by atoms with E-state index in [9.17, 15) is 0 Å². The van der Waals surface area contributed by atoms with E-state index in [1.807, 2.05) is 35.1 Å². The first-order chi connectivity index (χ1) is 12.7. The number of morpholine rings is 1. The minimum atomic E-state index is 0.0368. The highest BCUT2D eigenvalue weighted by Crippen LogP contribution is 2.25. The predicted molar refractivity (Wildman–Crippen MR) is 98.8 cm³/mol. The summed E-state index contributed by atoms with van der Waals surface area (Å²) in [5.41, 5.74) is 2.09. The summed E-state index contributed by atoms with van der Waals surface area (Å²) in [4.78, 5) is 6.73. The third kappa shape index (κ3) is 3.82. The minimum absolute atomic E-state index is 0.0368. The van der Waals surface area contributed by atoms with Crippen LogP contribution >= 0.6 is 11.6 Å². The van der Waals surface area contributed by atoms with Gasteiger partial charge in [0, 0.05) is 42.0 Å². The largest absolute Gasteiger partial charge is 0.439 e. The second-order valence-electron chi connectivity index (χ2n) is 6.35. The van der Waals surface area contributed by atoms with Crippen molar-refractivity contribution in [3.63, 3.8) is 0 Å². The van der Waals surface area contributed by atoms with E-state index in [1.54, 1.807) is 6.20 Å². The van der Waals surface area contributed by atoms with E-state index in [0.717, 1.165) is 36.5 Å². The second kappa shape index (κ2) is 7.61. The Hall–Kier alpha value is -2.15. The van der Waals surface area contributed by atoms with E-state index >= 15 is 0 Å². The Kier molecular flexibility index (Phi) is 5.06. The van der Waals surface area contributed by atoms with Crippen LogP contribution in [0.1, 0.15) is 24.5 Å². The van der Waals surface area contributed by atoms with Crippen LogP contribution in [-0.4, -0.2) is 39.4 Å². The first-order valence-electron chi connectivity index (χ1n) is 8.78. The maximum atomic E-state index is 5.94. The first kappa shape index (κ1) is 17.3. The SMILES string of the molecule is CCn1cc(C2CN(Cc3ncc(-c4ccc(Cl)cc4)o3)CCO2)cn1. The lowest BCUT2D eigenvalue weighted by atomic mass is 10.1. The van der Waals surface area contributed by atoms with Crippen LogP contribution in [0.5, 0.6) is 0 Å². The third-order valence-corrected chi connectivity index (χ3v) is 4.79. The summed E-state index contributed by atoms with van der Waals surface area (Å²) in [6, 6.07) is 7.57. The van der Waals surface area contributed by atoms with Gasteiger partial charge in [-0.05, 0) is 31.2 Å². The molecule has 2 aromatic heterocycles. The second-order valence-corrected chi connectivity index (χ2v) is 6.79. The summed E-state index contributed by atoms with van der Waals surface area (Å²) in [6.07, 6.45) is 5.75. The standard InChI is InChI=1S/C19H21ClN4O2/c1-2-24-11-15(9-22-24)18-12-23(7-8-25-18)13-19-21-10-17(26-19)14-3-5-16(20)6-4-14/h3-6,9-11,18H,2,7-8,12-13H2,1H3. The smallest absolute Gasteiger partial charge is 0.209 e. The first-order valence-corrected chi connectivity index (χ1v) is 9.16. The summed E-state index contributed by atoms with van der Waals surface area (Å²) in [7, 11) is 0. The molecule has 3 heterocycles. The average molecular weight is 373 g/mol. The lowest BCUT2D eigenvalue weighted by Gasteiger charge is -2.31. The Morgan fingerprint density at radius 2 is 2.08 bits per heavy atom. The maximum absolute atomic E-state index is 5.94. The van der Waals surface area contributed by atoms with E-state index in [-0.39, 0.29) is 6.10 Å². The van der Waals surface area contributed by atoms with Gasteiger partial charge < -0.3 is 9.15 Å². The molecule has 7 heteroatoms. The van der Waals surface area contributed by atoms with Crippen LogP contribution in [0.15, 0.2) is 47.3 Å². The zero-order chi connectivity index (χ0) is 17.9. The number of aryl methyl sites for hydroxylation is 1. The predicted octanol–water partition coefficient (Wildman–Crippen LogP) is 3.78. The molecule has 1 fully saturated rings. The molecule has 0 N–H and O–H groups in total. The number of aromatic nitrogens is 3. The number of ether oxygens (including phenoxy) is 1. The molecule has 0 amide bonds. The molecule has 1 atom stereocenters. The molecule has 6 nitrogen and oxygen atoms in total. The molecule has 26 heavy (non-hydrogen) atoms. The van der Waals surface area contributed by atoms with Crippen molar-refractivity contribution in [3.8, 4) is 11.3 Å². The number of hydrogen-bond donors (Lipinski definition) is 0. The van der Waals surface area contributed by atoms with Gasteiger partial charge in [-0.15, -0.1) is 0 Å². The zero-order valence-electron chi connectivity index (χ0n) is 14.6. The molecule has 1 unspecified atom stereocenters. The highest BCUT2D eigenvalue weighted by molar-refractivity contribution is 6.30. The molecular formula is C19H21ClN4O2. The van der Waals surface area contributed by atoms with Gasteiger partial charge in [0.25, 0.3) is 0 Å². The third-order valence-electron chi connectivity index (χ3n) is 4.54. The monoisotopic (exact) mass is 372 g/mol. The van der Waals surface area contributed by atoms with Gasteiger partial charge >= 0.3 is 0 Å². The van der Waals surface area contributed by atoms with Crippen molar-refractivity contribution in [2.75, 3.05) is 19.7 Å². The Morgan fingerprint density at radius 1 is 1.23 bits per heavy atom.